The summed E-state index contributed by atoms with van der Waals surface area (Å²) in [7, 11) is 4.20. The largest absolute Gasteiger partial charge is 0.351 e. The number of halogens is 1. The van der Waals surface area contributed by atoms with Gasteiger partial charge in [-0.2, -0.15) is 0 Å². The third kappa shape index (κ3) is 2.94. The average molecular weight is 269 g/mol. The van der Waals surface area contributed by atoms with Crippen molar-refractivity contribution in [2.75, 3.05) is 32.1 Å². The number of nitrogens with two attached hydrogens (primary N) is 1. The molecule has 1 aromatic rings. The maximum absolute atomic E-state index is 6.32. The third-order valence-corrected chi connectivity index (χ3v) is 3.62. The molecule has 1 aliphatic heterocycles. The van der Waals surface area contributed by atoms with Crippen molar-refractivity contribution >= 4 is 17.4 Å². The Morgan fingerprint density at radius 2 is 2.33 bits per heavy atom. The molecule has 1 saturated heterocycles. The first kappa shape index (κ1) is 13.6. The molecular formula is C13H21ClN4. The Hall–Kier alpha value is -0.840. The number of aromatic nitrogens is 1. The second-order valence-electron chi connectivity index (χ2n) is 5.10. The van der Waals surface area contributed by atoms with Gasteiger partial charge in [-0.15, -0.1) is 0 Å². The van der Waals surface area contributed by atoms with Gasteiger partial charge in [0.2, 0.25) is 0 Å². The van der Waals surface area contributed by atoms with Crippen LogP contribution in [0.4, 0.5) is 5.82 Å². The topological polar surface area (TPSA) is 45.4 Å². The van der Waals surface area contributed by atoms with Crippen molar-refractivity contribution in [3.05, 3.63) is 22.8 Å². The monoisotopic (exact) mass is 268 g/mol. The molecule has 2 rings (SSSR count). The van der Waals surface area contributed by atoms with Gasteiger partial charge in [0.1, 0.15) is 5.82 Å². The van der Waals surface area contributed by atoms with Gasteiger partial charge in [0.25, 0.3) is 0 Å². The molecule has 0 aliphatic carbocycles. The minimum Gasteiger partial charge on any atom is -0.351 e. The zero-order valence-electron chi connectivity index (χ0n) is 11.1. The second-order valence-corrected chi connectivity index (χ2v) is 5.51. The van der Waals surface area contributed by atoms with E-state index in [2.05, 4.69) is 28.9 Å². The van der Waals surface area contributed by atoms with Gasteiger partial charge >= 0.3 is 0 Å². The van der Waals surface area contributed by atoms with E-state index in [9.17, 15) is 0 Å². The van der Waals surface area contributed by atoms with E-state index in [1.54, 1.807) is 0 Å². The average Bonchev–Trinajstić information content (AvgIpc) is 2.76. The molecule has 0 aromatic carbocycles. The molecule has 0 radical (unpaired) electrons. The number of likely N-dealkylation sites (N-methyl/N-ethyl adjacent to an activating group) is 1. The Labute approximate surface area is 114 Å². The molecule has 0 bridgehead atoms. The fraction of sp³-hybridized carbons (Fsp3) is 0.615. The molecule has 2 heterocycles. The van der Waals surface area contributed by atoms with Crippen LogP contribution in [0.3, 0.4) is 0 Å². The number of anilines is 1. The van der Waals surface area contributed by atoms with Gasteiger partial charge in [-0.3, -0.25) is 0 Å². The van der Waals surface area contributed by atoms with Crippen LogP contribution in [0.15, 0.2) is 12.3 Å². The minimum absolute atomic E-state index is 0.480. The van der Waals surface area contributed by atoms with Crippen LogP contribution in [-0.2, 0) is 6.54 Å². The second kappa shape index (κ2) is 5.87. The molecule has 0 spiro atoms. The van der Waals surface area contributed by atoms with Crippen LogP contribution >= 0.6 is 11.6 Å². The van der Waals surface area contributed by atoms with Gasteiger partial charge in [-0.05, 0) is 38.6 Å². The lowest BCUT2D eigenvalue weighted by molar-refractivity contribution is 0.371. The highest BCUT2D eigenvalue weighted by Gasteiger charge is 2.27. The van der Waals surface area contributed by atoms with E-state index in [4.69, 9.17) is 17.3 Å². The summed E-state index contributed by atoms with van der Waals surface area (Å²) in [5.41, 5.74) is 6.58. The van der Waals surface area contributed by atoms with Crippen LogP contribution in [-0.4, -0.2) is 43.1 Å². The lowest BCUT2D eigenvalue weighted by atomic mass is 10.2. The van der Waals surface area contributed by atoms with Crippen LogP contribution in [0, 0.1) is 0 Å². The smallest absolute Gasteiger partial charge is 0.147 e. The molecule has 1 aromatic heterocycles. The summed E-state index contributed by atoms with van der Waals surface area (Å²) in [6, 6.07) is 2.43. The van der Waals surface area contributed by atoms with Gasteiger partial charge in [-0.25, -0.2) is 4.98 Å². The van der Waals surface area contributed by atoms with E-state index in [-0.39, 0.29) is 0 Å². The lowest BCUT2D eigenvalue weighted by Crippen LogP contribution is -2.38. The molecule has 1 unspecified atom stereocenters. The molecule has 5 heteroatoms. The van der Waals surface area contributed by atoms with Crippen LogP contribution in [0.5, 0.6) is 0 Å². The highest BCUT2D eigenvalue weighted by molar-refractivity contribution is 6.33. The first-order valence-corrected chi connectivity index (χ1v) is 6.75. The summed E-state index contributed by atoms with van der Waals surface area (Å²) in [6.07, 6.45) is 4.23. The standard InChI is InChI=1S/C13H21ClN4/c1-17(2)9-11-4-3-5-18(11)13-12(14)6-10(7-15)8-16-13/h6,8,11H,3-5,7,9,15H2,1-2H3. The normalized spacial score (nSPS) is 19.8. The van der Waals surface area contributed by atoms with Gasteiger partial charge < -0.3 is 15.5 Å². The van der Waals surface area contributed by atoms with Crippen molar-refractivity contribution in [3.63, 3.8) is 0 Å². The third-order valence-electron chi connectivity index (χ3n) is 3.34. The molecule has 100 valence electrons. The summed E-state index contributed by atoms with van der Waals surface area (Å²) in [4.78, 5) is 9.02. The molecule has 2 N–H and O–H groups in total. The Balaban J connectivity index is 2.19. The van der Waals surface area contributed by atoms with E-state index in [0.29, 0.717) is 17.6 Å². The van der Waals surface area contributed by atoms with Gasteiger partial charge in [0, 0.05) is 31.9 Å². The zero-order chi connectivity index (χ0) is 13.1. The van der Waals surface area contributed by atoms with E-state index >= 15 is 0 Å². The lowest BCUT2D eigenvalue weighted by Gasteiger charge is -2.28. The van der Waals surface area contributed by atoms with E-state index in [1.807, 2.05) is 12.3 Å². The van der Waals surface area contributed by atoms with Crippen molar-refractivity contribution < 1.29 is 0 Å². The first-order chi connectivity index (χ1) is 8.61. The Kier molecular flexibility index (Phi) is 4.43. The van der Waals surface area contributed by atoms with Crippen LogP contribution in [0.2, 0.25) is 5.02 Å². The molecule has 18 heavy (non-hydrogen) atoms. The zero-order valence-corrected chi connectivity index (χ0v) is 11.8. The van der Waals surface area contributed by atoms with Crippen LogP contribution in [0.1, 0.15) is 18.4 Å². The van der Waals surface area contributed by atoms with E-state index in [0.717, 1.165) is 24.5 Å². The van der Waals surface area contributed by atoms with E-state index < -0.39 is 0 Å². The van der Waals surface area contributed by atoms with Gasteiger partial charge in [-0.1, -0.05) is 11.6 Å². The molecule has 0 saturated carbocycles. The molecule has 1 atom stereocenters. The number of hydrogen-bond acceptors (Lipinski definition) is 4. The van der Waals surface area contributed by atoms with Crippen LogP contribution in [0.25, 0.3) is 0 Å². The van der Waals surface area contributed by atoms with Gasteiger partial charge in [0.05, 0.1) is 5.02 Å². The molecule has 0 amide bonds. The summed E-state index contributed by atoms with van der Waals surface area (Å²) >= 11 is 6.32. The maximum Gasteiger partial charge on any atom is 0.147 e. The molecule has 1 aliphatic rings. The maximum atomic E-state index is 6.32. The number of nitrogens with zero attached hydrogens (tertiary/aromatic N) is 3. The summed E-state index contributed by atoms with van der Waals surface area (Å²) in [6.45, 7) is 2.55. The van der Waals surface area contributed by atoms with Gasteiger partial charge in [0.15, 0.2) is 0 Å². The number of rotatable bonds is 4. The Morgan fingerprint density at radius 1 is 1.56 bits per heavy atom. The summed E-state index contributed by atoms with van der Waals surface area (Å²) < 4.78 is 0. The van der Waals surface area contributed by atoms with Crippen molar-refractivity contribution in [2.24, 2.45) is 5.73 Å². The number of pyridine rings is 1. The summed E-state index contributed by atoms with van der Waals surface area (Å²) in [5, 5.41) is 0.712. The quantitative estimate of drug-likeness (QED) is 0.903. The fourth-order valence-electron chi connectivity index (χ4n) is 2.52. The SMILES string of the molecule is CN(C)CC1CCCN1c1ncc(CN)cc1Cl. The summed E-state index contributed by atoms with van der Waals surface area (Å²) in [5.74, 6) is 0.901. The van der Waals surface area contributed by atoms with Crippen molar-refractivity contribution in [1.29, 1.82) is 0 Å². The Morgan fingerprint density at radius 3 is 2.94 bits per heavy atom. The first-order valence-electron chi connectivity index (χ1n) is 6.37. The highest BCUT2D eigenvalue weighted by Crippen LogP contribution is 2.30. The minimum atomic E-state index is 0.480. The highest BCUT2D eigenvalue weighted by atomic mass is 35.5. The van der Waals surface area contributed by atoms with Crippen molar-refractivity contribution in [2.45, 2.75) is 25.4 Å². The van der Waals surface area contributed by atoms with Crippen LogP contribution < -0.4 is 10.6 Å². The molecule has 1 fully saturated rings. The molecule has 4 nitrogen and oxygen atoms in total. The molecular weight excluding hydrogens is 248 g/mol. The predicted octanol–water partition coefficient (Wildman–Crippen LogP) is 1.72. The van der Waals surface area contributed by atoms with E-state index in [1.165, 1.54) is 12.8 Å². The number of hydrogen-bond donors (Lipinski definition) is 1. The van der Waals surface area contributed by atoms with Crippen molar-refractivity contribution in [1.82, 2.24) is 9.88 Å². The van der Waals surface area contributed by atoms with Crippen molar-refractivity contribution in [3.8, 4) is 0 Å². The fourth-order valence-corrected chi connectivity index (χ4v) is 2.82. The Bertz CT molecular complexity index is 408. The predicted molar refractivity (Wildman–Crippen MR) is 76.1 cm³/mol.